The van der Waals surface area contributed by atoms with Gasteiger partial charge in [0.25, 0.3) is 0 Å². The van der Waals surface area contributed by atoms with Gasteiger partial charge in [-0.05, 0) is 17.5 Å². The van der Waals surface area contributed by atoms with Crippen molar-refractivity contribution < 1.29 is 0 Å². The Bertz CT molecular complexity index is 513. The largest absolute Gasteiger partial charge is 0.396 e. The SMILES string of the molecule is N#Cc1cnc(NCc2cccs2)c(N)c1. The Morgan fingerprint density at radius 1 is 1.56 bits per heavy atom. The predicted octanol–water partition coefficient (Wildman–Crippen LogP) is 2.21. The molecule has 0 atom stereocenters. The van der Waals surface area contributed by atoms with E-state index in [9.17, 15) is 0 Å². The van der Waals surface area contributed by atoms with Gasteiger partial charge in [0.1, 0.15) is 11.9 Å². The molecule has 5 heteroatoms. The quantitative estimate of drug-likeness (QED) is 0.847. The van der Waals surface area contributed by atoms with Gasteiger partial charge in [0.2, 0.25) is 0 Å². The van der Waals surface area contributed by atoms with E-state index in [1.54, 1.807) is 17.4 Å². The van der Waals surface area contributed by atoms with Gasteiger partial charge in [-0.3, -0.25) is 0 Å². The number of pyridine rings is 1. The lowest BCUT2D eigenvalue weighted by atomic mass is 10.3. The van der Waals surface area contributed by atoms with Gasteiger partial charge in [0.15, 0.2) is 0 Å². The molecule has 0 aliphatic carbocycles. The molecule has 0 bridgehead atoms. The Morgan fingerprint density at radius 2 is 2.44 bits per heavy atom. The molecule has 0 amide bonds. The van der Waals surface area contributed by atoms with Crippen LogP contribution in [0.1, 0.15) is 10.4 Å². The van der Waals surface area contributed by atoms with Gasteiger partial charge in [0, 0.05) is 11.1 Å². The third-order valence-electron chi connectivity index (χ3n) is 2.06. The number of hydrogen-bond donors (Lipinski definition) is 2. The fraction of sp³-hybridized carbons (Fsp3) is 0.0909. The summed E-state index contributed by atoms with van der Waals surface area (Å²) in [5, 5.41) is 13.8. The van der Waals surface area contributed by atoms with E-state index in [1.807, 2.05) is 23.6 Å². The van der Waals surface area contributed by atoms with E-state index in [4.69, 9.17) is 11.0 Å². The summed E-state index contributed by atoms with van der Waals surface area (Å²) in [6.45, 7) is 0.695. The van der Waals surface area contributed by atoms with Crippen LogP contribution in [0.5, 0.6) is 0 Å². The van der Waals surface area contributed by atoms with Gasteiger partial charge in [-0.2, -0.15) is 5.26 Å². The van der Waals surface area contributed by atoms with Crippen LogP contribution in [-0.4, -0.2) is 4.98 Å². The van der Waals surface area contributed by atoms with Crippen molar-refractivity contribution in [2.24, 2.45) is 0 Å². The van der Waals surface area contributed by atoms with Crippen LogP contribution in [0.3, 0.4) is 0 Å². The first kappa shape index (κ1) is 10.5. The molecular formula is C11H10N4S. The highest BCUT2D eigenvalue weighted by molar-refractivity contribution is 7.09. The van der Waals surface area contributed by atoms with Crippen molar-refractivity contribution in [3.05, 3.63) is 40.2 Å². The summed E-state index contributed by atoms with van der Waals surface area (Å²) in [6, 6.07) is 7.65. The number of nitriles is 1. The van der Waals surface area contributed by atoms with Crippen LogP contribution < -0.4 is 11.1 Å². The smallest absolute Gasteiger partial charge is 0.149 e. The molecule has 0 fully saturated rings. The number of nitrogens with zero attached hydrogens (tertiary/aromatic N) is 2. The van der Waals surface area contributed by atoms with E-state index in [0.29, 0.717) is 23.6 Å². The molecule has 2 heterocycles. The van der Waals surface area contributed by atoms with Crippen LogP contribution in [-0.2, 0) is 6.54 Å². The predicted molar refractivity (Wildman–Crippen MR) is 65.0 cm³/mol. The normalized spacial score (nSPS) is 9.69. The first-order chi connectivity index (χ1) is 7.79. The van der Waals surface area contributed by atoms with Crippen molar-refractivity contribution in [3.8, 4) is 6.07 Å². The van der Waals surface area contributed by atoms with Crippen molar-refractivity contribution in [2.45, 2.75) is 6.54 Å². The summed E-state index contributed by atoms with van der Waals surface area (Å²) in [5.41, 5.74) is 6.73. The number of anilines is 2. The van der Waals surface area contributed by atoms with Crippen LogP contribution in [0.15, 0.2) is 29.8 Å². The molecule has 0 aromatic carbocycles. The number of nitrogens with one attached hydrogen (secondary N) is 1. The van der Waals surface area contributed by atoms with Crippen molar-refractivity contribution in [3.63, 3.8) is 0 Å². The fourth-order valence-electron chi connectivity index (χ4n) is 1.27. The fourth-order valence-corrected chi connectivity index (χ4v) is 1.92. The second kappa shape index (κ2) is 4.64. The highest BCUT2D eigenvalue weighted by atomic mass is 32.1. The zero-order chi connectivity index (χ0) is 11.4. The zero-order valence-electron chi connectivity index (χ0n) is 8.47. The molecule has 0 aliphatic rings. The minimum atomic E-state index is 0.471. The van der Waals surface area contributed by atoms with Crippen LogP contribution in [0.4, 0.5) is 11.5 Å². The Labute approximate surface area is 97.4 Å². The molecule has 16 heavy (non-hydrogen) atoms. The van der Waals surface area contributed by atoms with Crippen molar-refractivity contribution in [1.29, 1.82) is 5.26 Å². The molecule has 3 N–H and O–H groups in total. The van der Waals surface area contributed by atoms with Crippen molar-refractivity contribution in [1.82, 2.24) is 4.98 Å². The Morgan fingerprint density at radius 3 is 3.06 bits per heavy atom. The molecule has 2 aromatic rings. The van der Waals surface area contributed by atoms with E-state index >= 15 is 0 Å². The van der Waals surface area contributed by atoms with Crippen LogP contribution in [0, 0.1) is 11.3 Å². The monoisotopic (exact) mass is 230 g/mol. The van der Waals surface area contributed by atoms with Crippen molar-refractivity contribution >= 4 is 22.8 Å². The minimum absolute atomic E-state index is 0.471. The number of thiophene rings is 1. The van der Waals surface area contributed by atoms with Gasteiger partial charge in [0.05, 0.1) is 17.8 Å². The second-order valence-corrected chi connectivity index (χ2v) is 4.24. The summed E-state index contributed by atoms with van der Waals surface area (Å²) >= 11 is 1.67. The molecule has 0 radical (unpaired) electrons. The van der Waals surface area contributed by atoms with E-state index in [0.717, 1.165) is 0 Å². The van der Waals surface area contributed by atoms with Gasteiger partial charge in [-0.15, -0.1) is 11.3 Å². The maximum atomic E-state index is 8.67. The summed E-state index contributed by atoms with van der Waals surface area (Å²) in [6.07, 6.45) is 1.51. The standard InChI is InChI=1S/C11H10N4S/c12-5-8-4-10(13)11(14-6-8)15-7-9-2-1-3-16-9/h1-4,6H,7,13H2,(H,14,15). The molecule has 2 aromatic heterocycles. The summed E-state index contributed by atoms with van der Waals surface area (Å²) in [5.74, 6) is 0.618. The van der Waals surface area contributed by atoms with Gasteiger partial charge in [-0.1, -0.05) is 6.07 Å². The van der Waals surface area contributed by atoms with Crippen LogP contribution >= 0.6 is 11.3 Å². The summed E-state index contributed by atoms with van der Waals surface area (Å²) in [7, 11) is 0. The van der Waals surface area contributed by atoms with E-state index in [-0.39, 0.29) is 0 Å². The highest BCUT2D eigenvalue weighted by Gasteiger charge is 2.02. The first-order valence-electron chi connectivity index (χ1n) is 4.71. The van der Waals surface area contributed by atoms with E-state index < -0.39 is 0 Å². The summed E-state index contributed by atoms with van der Waals surface area (Å²) < 4.78 is 0. The van der Waals surface area contributed by atoms with Crippen molar-refractivity contribution in [2.75, 3.05) is 11.1 Å². The van der Waals surface area contributed by atoms with Crippen LogP contribution in [0.2, 0.25) is 0 Å². The molecular weight excluding hydrogens is 220 g/mol. The molecule has 0 unspecified atom stereocenters. The number of rotatable bonds is 3. The molecule has 80 valence electrons. The Kier molecular flexibility index (Phi) is 3.03. The topological polar surface area (TPSA) is 74.7 Å². The van der Waals surface area contributed by atoms with E-state index in [2.05, 4.69) is 10.3 Å². The number of nitrogens with two attached hydrogens (primary N) is 1. The number of aromatic nitrogens is 1. The molecule has 0 spiro atoms. The zero-order valence-corrected chi connectivity index (χ0v) is 9.29. The average Bonchev–Trinajstić information content (AvgIpc) is 2.80. The Hall–Kier alpha value is -2.06. The lowest BCUT2D eigenvalue weighted by Gasteiger charge is -2.06. The highest BCUT2D eigenvalue weighted by Crippen LogP contribution is 2.18. The maximum Gasteiger partial charge on any atom is 0.149 e. The minimum Gasteiger partial charge on any atom is -0.396 e. The lowest BCUT2D eigenvalue weighted by Crippen LogP contribution is -2.03. The van der Waals surface area contributed by atoms with E-state index in [1.165, 1.54) is 11.1 Å². The molecule has 0 aliphatic heterocycles. The third-order valence-corrected chi connectivity index (χ3v) is 2.93. The van der Waals surface area contributed by atoms with Gasteiger partial charge >= 0.3 is 0 Å². The van der Waals surface area contributed by atoms with Crippen LogP contribution in [0.25, 0.3) is 0 Å². The third kappa shape index (κ3) is 2.30. The first-order valence-corrected chi connectivity index (χ1v) is 5.59. The second-order valence-electron chi connectivity index (χ2n) is 3.21. The summed E-state index contributed by atoms with van der Waals surface area (Å²) in [4.78, 5) is 5.31. The molecule has 0 saturated heterocycles. The van der Waals surface area contributed by atoms with Gasteiger partial charge in [-0.25, -0.2) is 4.98 Å². The Balaban J connectivity index is 2.08. The molecule has 0 saturated carbocycles. The average molecular weight is 230 g/mol. The number of nitrogen functional groups attached to an aromatic ring is 1. The maximum absolute atomic E-state index is 8.67. The molecule has 4 nitrogen and oxygen atoms in total. The number of hydrogen-bond acceptors (Lipinski definition) is 5. The van der Waals surface area contributed by atoms with Gasteiger partial charge < -0.3 is 11.1 Å². The lowest BCUT2D eigenvalue weighted by molar-refractivity contribution is 1.14. The molecule has 2 rings (SSSR count).